The predicted molar refractivity (Wildman–Crippen MR) is 40.8 cm³/mol. The van der Waals surface area contributed by atoms with Gasteiger partial charge in [0.1, 0.15) is 0 Å². The van der Waals surface area contributed by atoms with Gasteiger partial charge in [0.25, 0.3) is 0 Å². The summed E-state index contributed by atoms with van der Waals surface area (Å²) in [5.41, 5.74) is 1.11. The molecule has 0 bridgehead atoms. The second kappa shape index (κ2) is 3.44. The normalized spacial score (nSPS) is 7.86. The first-order chi connectivity index (χ1) is 3.18. The molecule has 0 aromatic heterocycles. The summed E-state index contributed by atoms with van der Waals surface area (Å²) in [6.45, 7) is 5.53. The monoisotopic (exact) mass is 224 g/mol. The van der Waals surface area contributed by atoms with Gasteiger partial charge in [0.05, 0.1) is 3.39 Å². The number of rotatable bonds is 1. The molecule has 0 N–H and O–H groups in total. The summed E-state index contributed by atoms with van der Waals surface area (Å²) in [6.07, 6.45) is 1.78. The summed E-state index contributed by atoms with van der Waals surface area (Å²) in [6, 6.07) is 0. The summed E-state index contributed by atoms with van der Waals surface area (Å²) in [5.74, 6) is 0. The van der Waals surface area contributed by atoms with Gasteiger partial charge in [0.2, 0.25) is 0 Å². The fourth-order valence-electron chi connectivity index (χ4n) is 0.0772. The largest absolute Gasteiger partial charge is 0.0987 e. The molecule has 0 saturated heterocycles. The van der Waals surface area contributed by atoms with Gasteiger partial charge in [-0.2, -0.15) is 0 Å². The van der Waals surface area contributed by atoms with Gasteiger partial charge in [-0.3, -0.25) is 0 Å². The number of hydrogen-bond donors (Lipinski definition) is 0. The van der Waals surface area contributed by atoms with Gasteiger partial charge in [0.15, 0.2) is 0 Å². The molecule has 40 valence electrons. The molecule has 0 atom stereocenters. The van der Waals surface area contributed by atoms with Crippen molar-refractivity contribution in [2.75, 3.05) is 0 Å². The average molecular weight is 226 g/mol. The lowest BCUT2D eigenvalue weighted by molar-refractivity contribution is 1.56. The molecule has 0 heterocycles. The van der Waals surface area contributed by atoms with Crippen molar-refractivity contribution in [2.45, 2.75) is 6.92 Å². The van der Waals surface area contributed by atoms with Gasteiger partial charge < -0.3 is 0 Å². The van der Waals surface area contributed by atoms with Crippen molar-refractivity contribution in [1.82, 2.24) is 0 Å². The number of halogens is 2. The molecule has 0 aromatic rings. The summed E-state index contributed by atoms with van der Waals surface area (Å²) in [4.78, 5) is 0. The Morgan fingerprint density at radius 3 is 2.00 bits per heavy atom. The predicted octanol–water partition coefficient (Wildman–Crippen LogP) is 3.19. The fraction of sp³-hybridized carbons (Fsp3) is 0.200. The summed E-state index contributed by atoms with van der Waals surface area (Å²) >= 11 is 6.45. The quantitative estimate of drug-likeness (QED) is 0.602. The van der Waals surface area contributed by atoms with Crippen molar-refractivity contribution >= 4 is 31.9 Å². The highest BCUT2D eigenvalue weighted by atomic mass is 79.9. The molecule has 0 aliphatic carbocycles. The Bertz CT molecular complexity index is 98.6. The van der Waals surface area contributed by atoms with E-state index in [0.29, 0.717) is 0 Å². The minimum absolute atomic E-state index is 0.968. The van der Waals surface area contributed by atoms with Crippen molar-refractivity contribution in [3.05, 3.63) is 21.6 Å². The molecule has 2 heteroatoms. The molecule has 0 spiro atoms. The second-order valence-corrected chi connectivity index (χ2v) is 3.80. The van der Waals surface area contributed by atoms with E-state index in [9.17, 15) is 0 Å². The summed E-state index contributed by atoms with van der Waals surface area (Å²) < 4.78 is 0.968. The highest BCUT2D eigenvalue weighted by Crippen LogP contribution is 2.18. The van der Waals surface area contributed by atoms with Crippen LogP contribution in [-0.4, -0.2) is 0 Å². The van der Waals surface area contributed by atoms with Crippen LogP contribution in [0.2, 0.25) is 0 Å². The molecule has 0 rings (SSSR count). The van der Waals surface area contributed by atoms with Crippen LogP contribution in [0.15, 0.2) is 21.6 Å². The van der Waals surface area contributed by atoms with Crippen LogP contribution < -0.4 is 0 Å². The average Bonchev–Trinajstić information content (AvgIpc) is 1.65. The van der Waals surface area contributed by atoms with Crippen LogP contribution in [0.3, 0.4) is 0 Å². The van der Waals surface area contributed by atoms with Crippen molar-refractivity contribution in [3.8, 4) is 0 Å². The summed E-state index contributed by atoms with van der Waals surface area (Å²) in [7, 11) is 0. The van der Waals surface area contributed by atoms with Crippen molar-refractivity contribution in [3.63, 3.8) is 0 Å². The molecule has 0 unspecified atom stereocenters. The van der Waals surface area contributed by atoms with Crippen LogP contribution in [0.4, 0.5) is 0 Å². The van der Waals surface area contributed by atoms with E-state index in [1.165, 1.54) is 0 Å². The van der Waals surface area contributed by atoms with E-state index >= 15 is 0 Å². The van der Waals surface area contributed by atoms with E-state index in [4.69, 9.17) is 0 Å². The lowest BCUT2D eigenvalue weighted by atomic mass is 10.4. The van der Waals surface area contributed by atoms with E-state index in [-0.39, 0.29) is 0 Å². The second-order valence-electron chi connectivity index (χ2n) is 1.15. The zero-order valence-corrected chi connectivity index (χ0v) is 7.21. The smallest absolute Gasteiger partial charge is 0.0633 e. The molecular formula is C5H6Br2. The van der Waals surface area contributed by atoms with Crippen LogP contribution in [0, 0.1) is 0 Å². The molecule has 0 radical (unpaired) electrons. The first-order valence-corrected chi connectivity index (χ1v) is 3.41. The van der Waals surface area contributed by atoms with Gasteiger partial charge in [-0.05, 0) is 44.4 Å². The highest BCUT2D eigenvalue weighted by Gasteiger charge is 1.83. The SMILES string of the molecule is C=CC(C)=C(Br)Br. The third-order valence-corrected chi connectivity index (χ3v) is 1.86. The zero-order chi connectivity index (χ0) is 5.86. The summed E-state index contributed by atoms with van der Waals surface area (Å²) in [5, 5.41) is 0. The van der Waals surface area contributed by atoms with Crippen molar-refractivity contribution in [2.24, 2.45) is 0 Å². The van der Waals surface area contributed by atoms with Gasteiger partial charge in [-0.25, -0.2) is 0 Å². The van der Waals surface area contributed by atoms with Crippen LogP contribution >= 0.6 is 31.9 Å². The topological polar surface area (TPSA) is 0 Å². The van der Waals surface area contributed by atoms with Crippen LogP contribution in [0.25, 0.3) is 0 Å². The Kier molecular flexibility index (Phi) is 3.66. The van der Waals surface area contributed by atoms with Gasteiger partial charge in [-0.15, -0.1) is 0 Å². The van der Waals surface area contributed by atoms with E-state index in [1.807, 2.05) is 6.92 Å². The molecule has 0 fully saturated rings. The Labute approximate surface area is 60.6 Å². The minimum atomic E-state index is 0.968. The molecule has 7 heavy (non-hydrogen) atoms. The molecule has 0 nitrogen and oxygen atoms in total. The maximum atomic E-state index is 3.56. The van der Waals surface area contributed by atoms with Crippen molar-refractivity contribution < 1.29 is 0 Å². The molecule has 0 aliphatic rings. The van der Waals surface area contributed by atoms with E-state index in [0.717, 1.165) is 8.96 Å². The van der Waals surface area contributed by atoms with Gasteiger partial charge in [0, 0.05) is 0 Å². The van der Waals surface area contributed by atoms with Crippen LogP contribution in [-0.2, 0) is 0 Å². The highest BCUT2D eigenvalue weighted by molar-refractivity contribution is 9.28. The van der Waals surface area contributed by atoms with Gasteiger partial charge in [-0.1, -0.05) is 12.7 Å². The fourth-order valence-corrected chi connectivity index (χ4v) is 0.401. The third kappa shape index (κ3) is 3.06. The Balaban J connectivity index is 3.98. The van der Waals surface area contributed by atoms with Crippen LogP contribution in [0.1, 0.15) is 6.92 Å². The lowest BCUT2D eigenvalue weighted by Crippen LogP contribution is -1.61. The maximum absolute atomic E-state index is 3.56. The van der Waals surface area contributed by atoms with E-state index in [2.05, 4.69) is 38.4 Å². The van der Waals surface area contributed by atoms with Crippen LogP contribution in [0.5, 0.6) is 0 Å². The Morgan fingerprint density at radius 2 is 2.00 bits per heavy atom. The Hall–Kier alpha value is 0.440. The lowest BCUT2D eigenvalue weighted by Gasteiger charge is -1.86. The third-order valence-electron chi connectivity index (χ3n) is 0.604. The minimum Gasteiger partial charge on any atom is -0.0987 e. The Morgan fingerprint density at radius 1 is 1.57 bits per heavy atom. The first-order valence-electron chi connectivity index (χ1n) is 1.82. The van der Waals surface area contributed by atoms with E-state index in [1.54, 1.807) is 6.08 Å². The van der Waals surface area contributed by atoms with Crippen molar-refractivity contribution in [1.29, 1.82) is 0 Å². The standard InChI is InChI=1S/C5H6Br2/c1-3-4(2)5(6)7/h3H,1H2,2H3. The number of hydrogen-bond acceptors (Lipinski definition) is 0. The van der Waals surface area contributed by atoms with Gasteiger partial charge >= 0.3 is 0 Å². The zero-order valence-electron chi connectivity index (χ0n) is 4.04. The first kappa shape index (κ1) is 7.44. The number of allylic oxidation sites excluding steroid dienone is 2. The molecule has 0 saturated carbocycles. The maximum Gasteiger partial charge on any atom is 0.0633 e. The molecular weight excluding hydrogens is 220 g/mol. The van der Waals surface area contributed by atoms with E-state index < -0.39 is 0 Å². The molecule has 0 aliphatic heterocycles. The molecule has 0 aromatic carbocycles. The molecule has 0 amide bonds.